The van der Waals surface area contributed by atoms with Gasteiger partial charge in [0, 0.05) is 13.1 Å². The Morgan fingerprint density at radius 1 is 1.52 bits per heavy atom. The third-order valence-corrected chi connectivity index (χ3v) is 4.62. The molecule has 21 heavy (non-hydrogen) atoms. The molecule has 0 aliphatic carbocycles. The molecule has 5 nitrogen and oxygen atoms in total. The second kappa shape index (κ2) is 6.07. The van der Waals surface area contributed by atoms with Crippen molar-refractivity contribution in [2.24, 2.45) is 5.92 Å². The van der Waals surface area contributed by atoms with Crippen LogP contribution in [0, 0.1) is 5.92 Å². The van der Waals surface area contributed by atoms with Crippen LogP contribution in [0.3, 0.4) is 0 Å². The van der Waals surface area contributed by atoms with Crippen molar-refractivity contribution in [3.8, 4) is 0 Å². The molecule has 3 rings (SSSR count). The van der Waals surface area contributed by atoms with Gasteiger partial charge in [-0.05, 0) is 24.5 Å². The van der Waals surface area contributed by atoms with Crippen LogP contribution in [0.2, 0.25) is 0 Å². The first-order valence-electron chi connectivity index (χ1n) is 7.07. The minimum absolute atomic E-state index is 0.0704. The fourth-order valence-electron chi connectivity index (χ4n) is 2.49. The Morgan fingerprint density at radius 2 is 2.33 bits per heavy atom. The van der Waals surface area contributed by atoms with E-state index in [1.54, 1.807) is 0 Å². The zero-order valence-corrected chi connectivity index (χ0v) is 12.7. The number of hydrogen-bond donors (Lipinski definition) is 1. The molecule has 1 aromatic carbocycles. The number of rotatable bonds is 3. The number of aliphatic hydroxyl groups is 1. The lowest BCUT2D eigenvalue weighted by atomic mass is 9.97. The fourth-order valence-corrected chi connectivity index (χ4v) is 3.23. The number of nitrogens with zero attached hydrogens (tertiary/aromatic N) is 2. The largest absolute Gasteiger partial charge is 0.431 e. The molecule has 112 valence electrons. The lowest BCUT2D eigenvalue weighted by molar-refractivity contribution is -0.131. The number of hydrogen-bond acceptors (Lipinski definition) is 5. The van der Waals surface area contributed by atoms with Gasteiger partial charge >= 0.3 is 0 Å². The summed E-state index contributed by atoms with van der Waals surface area (Å²) in [7, 11) is 0. The molecule has 1 aliphatic heterocycles. The number of benzene rings is 1. The highest BCUT2D eigenvalue weighted by atomic mass is 32.2. The molecule has 1 aliphatic rings. The predicted octanol–water partition coefficient (Wildman–Crippen LogP) is 2.15. The van der Waals surface area contributed by atoms with E-state index in [0.717, 1.165) is 11.1 Å². The molecule has 2 aromatic rings. The Hall–Kier alpha value is -1.53. The van der Waals surface area contributed by atoms with E-state index >= 15 is 0 Å². The molecule has 0 radical (unpaired) electrons. The van der Waals surface area contributed by atoms with E-state index in [1.165, 1.54) is 11.8 Å². The summed E-state index contributed by atoms with van der Waals surface area (Å²) in [6.07, 6.45) is 0.360. The monoisotopic (exact) mass is 306 g/mol. The highest BCUT2D eigenvalue weighted by molar-refractivity contribution is 7.99. The summed E-state index contributed by atoms with van der Waals surface area (Å²) in [5.41, 5.74) is 1.55. The number of aromatic nitrogens is 1. The van der Waals surface area contributed by atoms with Crippen molar-refractivity contribution in [3.05, 3.63) is 24.3 Å². The van der Waals surface area contributed by atoms with E-state index in [9.17, 15) is 9.90 Å². The summed E-state index contributed by atoms with van der Waals surface area (Å²) >= 11 is 1.32. The minimum Gasteiger partial charge on any atom is -0.431 e. The van der Waals surface area contributed by atoms with Crippen molar-refractivity contribution in [1.82, 2.24) is 9.88 Å². The van der Waals surface area contributed by atoms with Crippen LogP contribution in [-0.2, 0) is 4.79 Å². The van der Waals surface area contributed by atoms with Crippen molar-refractivity contribution in [2.45, 2.75) is 24.7 Å². The first-order chi connectivity index (χ1) is 10.1. The standard InChI is InChI=1S/C15H18N2O3S/c1-10-8-17(7-6-12(10)18)14(19)9-21-15-16-11-4-2-3-5-13(11)20-15/h2-5,10,12,18H,6-9H2,1H3. The summed E-state index contributed by atoms with van der Waals surface area (Å²) in [5.74, 6) is 0.522. The molecule has 6 heteroatoms. The van der Waals surface area contributed by atoms with Crippen LogP contribution in [0.1, 0.15) is 13.3 Å². The molecule has 0 saturated carbocycles. The maximum atomic E-state index is 12.2. The maximum absolute atomic E-state index is 12.2. The topological polar surface area (TPSA) is 66.6 Å². The second-order valence-electron chi connectivity index (χ2n) is 5.41. The highest BCUT2D eigenvalue weighted by Gasteiger charge is 2.27. The molecular formula is C15H18N2O3S. The zero-order chi connectivity index (χ0) is 14.8. The van der Waals surface area contributed by atoms with E-state index in [-0.39, 0.29) is 17.9 Å². The van der Waals surface area contributed by atoms with Crippen LogP contribution in [0.5, 0.6) is 0 Å². The van der Waals surface area contributed by atoms with Crippen LogP contribution >= 0.6 is 11.8 Å². The lowest BCUT2D eigenvalue weighted by Gasteiger charge is -2.34. The summed E-state index contributed by atoms with van der Waals surface area (Å²) in [6, 6.07) is 7.55. The third kappa shape index (κ3) is 3.22. The highest BCUT2D eigenvalue weighted by Crippen LogP contribution is 2.24. The van der Waals surface area contributed by atoms with E-state index in [2.05, 4.69) is 4.98 Å². The number of para-hydroxylation sites is 2. The molecule has 0 bridgehead atoms. The summed E-state index contributed by atoms with van der Waals surface area (Å²) < 4.78 is 5.59. The molecule has 1 aromatic heterocycles. The Balaban J connectivity index is 1.58. The Bertz CT molecular complexity index is 610. The number of carbonyl (C=O) groups is 1. The van der Waals surface area contributed by atoms with Gasteiger partial charge in [-0.2, -0.15) is 0 Å². The van der Waals surface area contributed by atoms with Gasteiger partial charge in [-0.15, -0.1) is 0 Å². The second-order valence-corrected chi connectivity index (χ2v) is 6.34. The number of aliphatic hydroxyl groups excluding tert-OH is 1. The van der Waals surface area contributed by atoms with Gasteiger partial charge in [-0.1, -0.05) is 30.8 Å². The van der Waals surface area contributed by atoms with Crippen LogP contribution in [0.4, 0.5) is 0 Å². The average Bonchev–Trinajstić information content (AvgIpc) is 2.90. The van der Waals surface area contributed by atoms with Crippen molar-refractivity contribution in [2.75, 3.05) is 18.8 Å². The number of oxazole rings is 1. The molecule has 1 saturated heterocycles. The molecule has 1 N–H and O–H groups in total. The van der Waals surface area contributed by atoms with Crippen molar-refractivity contribution < 1.29 is 14.3 Å². The number of amides is 1. The molecule has 0 spiro atoms. The van der Waals surface area contributed by atoms with E-state index in [4.69, 9.17) is 4.42 Å². The van der Waals surface area contributed by atoms with Gasteiger partial charge in [0.2, 0.25) is 5.91 Å². The van der Waals surface area contributed by atoms with Gasteiger partial charge in [0.05, 0.1) is 11.9 Å². The van der Waals surface area contributed by atoms with E-state index in [0.29, 0.717) is 30.5 Å². The molecule has 2 unspecified atom stereocenters. The first kappa shape index (κ1) is 14.4. The molecule has 2 atom stereocenters. The van der Waals surface area contributed by atoms with Crippen LogP contribution in [0.25, 0.3) is 11.1 Å². The minimum atomic E-state index is -0.293. The van der Waals surface area contributed by atoms with Crippen LogP contribution < -0.4 is 0 Å². The van der Waals surface area contributed by atoms with Crippen LogP contribution in [-0.4, -0.2) is 45.8 Å². The Labute approximate surface area is 127 Å². The Morgan fingerprint density at radius 3 is 3.10 bits per heavy atom. The molecule has 2 heterocycles. The van der Waals surface area contributed by atoms with Crippen LogP contribution in [0.15, 0.2) is 33.9 Å². The zero-order valence-electron chi connectivity index (χ0n) is 11.9. The molecule has 1 fully saturated rings. The summed E-state index contributed by atoms with van der Waals surface area (Å²) in [4.78, 5) is 18.3. The number of likely N-dealkylation sites (tertiary alicyclic amines) is 1. The third-order valence-electron chi connectivity index (χ3n) is 3.81. The smallest absolute Gasteiger partial charge is 0.257 e. The van der Waals surface area contributed by atoms with Crippen molar-refractivity contribution >= 4 is 28.8 Å². The average molecular weight is 306 g/mol. The van der Waals surface area contributed by atoms with Gasteiger partial charge in [0.25, 0.3) is 5.22 Å². The quantitative estimate of drug-likeness (QED) is 0.880. The van der Waals surface area contributed by atoms with E-state index in [1.807, 2.05) is 36.1 Å². The van der Waals surface area contributed by atoms with Gasteiger partial charge in [0.15, 0.2) is 5.58 Å². The van der Waals surface area contributed by atoms with E-state index < -0.39 is 0 Å². The summed E-state index contributed by atoms with van der Waals surface area (Å²) in [6.45, 7) is 3.21. The first-order valence-corrected chi connectivity index (χ1v) is 8.06. The molecule has 1 amide bonds. The van der Waals surface area contributed by atoms with Crippen molar-refractivity contribution in [3.63, 3.8) is 0 Å². The number of fused-ring (bicyclic) bond motifs is 1. The van der Waals surface area contributed by atoms with Crippen molar-refractivity contribution in [1.29, 1.82) is 0 Å². The summed E-state index contributed by atoms with van der Waals surface area (Å²) in [5, 5.41) is 10.2. The predicted molar refractivity (Wildman–Crippen MR) is 81.1 cm³/mol. The lowest BCUT2D eigenvalue weighted by Crippen LogP contribution is -2.45. The molecular weight excluding hydrogens is 288 g/mol. The number of thioether (sulfide) groups is 1. The van der Waals surface area contributed by atoms with Gasteiger partial charge in [0.1, 0.15) is 5.52 Å². The number of piperidine rings is 1. The Kier molecular flexibility index (Phi) is 4.17. The van der Waals surface area contributed by atoms with Gasteiger partial charge in [-0.3, -0.25) is 4.79 Å². The number of carbonyl (C=O) groups excluding carboxylic acids is 1. The van der Waals surface area contributed by atoms with Gasteiger partial charge < -0.3 is 14.4 Å². The maximum Gasteiger partial charge on any atom is 0.257 e. The fraction of sp³-hybridized carbons (Fsp3) is 0.467. The SMILES string of the molecule is CC1CN(C(=O)CSc2nc3ccccc3o2)CCC1O. The van der Waals surface area contributed by atoms with Gasteiger partial charge in [-0.25, -0.2) is 4.98 Å². The normalized spacial score (nSPS) is 22.7.